The van der Waals surface area contributed by atoms with Crippen LogP contribution >= 0.6 is 0 Å². The maximum atomic E-state index is 12.3. The van der Waals surface area contributed by atoms with E-state index in [0.29, 0.717) is 22.4 Å². The molecule has 2 rings (SSSR count). The Morgan fingerprint density at radius 1 is 1.33 bits per heavy atom. The highest BCUT2D eigenvalue weighted by Crippen LogP contribution is 2.22. The van der Waals surface area contributed by atoms with E-state index in [2.05, 4.69) is 15.5 Å². The number of carbonyl (C=O) groups excluding carboxylic acids is 1. The van der Waals surface area contributed by atoms with E-state index in [1.165, 1.54) is 0 Å². The molecule has 5 nitrogen and oxygen atoms in total. The summed E-state index contributed by atoms with van der Waals surface area (Å²) in [5, 5.41) is 7.48. The van der Waals surface area contributed by atoms with Crippen molar-refractivity contribution in [1.82, 2.24) is 15.5 Å². The first-order valence-corrected chi connectivity index (χ1v) is 5.84. The van der Waals surface area contributed by atoms with Gasteiger partial charge in [-0.15, -0.1) is 0 Å². The topological polar surface area (TPSA) is 68.0 Å². The number of nitrogens with one attached hydrogen (secondary N) is 1. The third-order valence-electron chi connectivity index (χ3n) is 2.48. The monoisotopic (exact) mass is 247 g/mol. The van der Waals surface area contributed by atoms with E-state index < -0.39 is 0 Å². The molecule has 1 amide bonds. The Labute approximate surface area is 106 Å². The van der Waals surface area contributed by atoms with Gasteiger partial charge in [-0.25, -0.2) is 4.98 Å². The molecule has 0 bridgehead atoms. The van der Waals surface area contributed by atoms with Crippen LogP contribution in [0.2, 0.25) is 0 Å². The van der Waals surface area contributed by atoms with Crippen molar-refractivity contribution in [3.63, 3.8) is 0 Å². The smallest absolute Gasteiger partial charge is 0.258 e. The zero-order chi connectivity index (χ0) is 13.5. The summed E-state index contributed by atoms with van der Waals surface area (Å²) in [6.45, 7) is 9.45. The molecule has 18 heavy (non-hydrogen) atoms. The standard InChI is InChI=1S/C13H17N3O2/c1-7-6-9(11(17)15-13(3,4)5)10-8(2)16-18-12(10)14-7/h6H,1-5H3,(H,15,17). The van der Waals surface area contributed by atoms with Crippen LogP contribution < -0.4 is 5.32 Å². The predicted molar refractivity (Wildman–Crippen MR) is 68.5 cm³/mol. The highest BCUT2D eigenvalue weighted by Gasteiger charge is 2.21. The lowest BCUT2D eigenvalue weighted by Crippen LogP contribution is -2.40. The van der Waals surface area contributed by atoms with E-state index in [-0.39, 0.29) is 11.4 Å². The molecule has 0 atom stereocenters. The summed E-state index contributed by atoms with van der Waals surface area (Å²) >= 11 is 0. The minimum Gasteiger partial charge on any atom is -0.347 e. The second-order valence-electron chi connectivity index (χ2n) is 5.46. The number of nitrogens with zero attached hydrogens (tertiary/aromatic N) is 2. The first-order valence-electron chi connectivity index (χ1n) is 5.84. The zero-order valence-corrected chi connectivity index (χ0v) is 11.3. The van der Waals surface area contributed by atoms with Gasteiger partial charge in [-0.3, -0.25) is 4.79 Å². The van der Waals surface area contributed by atoms with Crippen LogP contribution in [0.15, 0.2) is 10.6 Å². The average molecular weight is 247 g/mol. The number of hydrogen-bond donors (Lipinski definition) is 1. The van der Waals surface area contributed by atoms with Crippen molar-refractivity contribution in [3.8, 4) is 0 Å². The Bertz CT molecular complexity index is 608. The third-order valence-corrected chi connectivity index (χ3v) is 2.48. The van der Waals surface area contributed by atoms with Crippen molar-refractivity contribution >= 4 is 17.0 Å². The van der Waals surface area contributed by atoms with Crippen LogP contribution in [0.5, 0.6) is 0 Å². The quantitative estimate of drug-likeness (QED) is 0.840. The number of hydrogen-bond acceptors (Lipinski definition) is 4. The lowest BCUT2D eigenvalue weighted by Gasteiger charge is -2.20. The Balaban J connectivity index is 2.56. The second-order valence-corrected chi connectivity index (χ2v) is 5.46. The van der Waals surface area contributed by atoms with Gasteiger partial charge in [0.1, 0.15) is 0 Å². The minimum atomic E-state index is -0.286. The number of rotatable bonds is 1. The lowest BCUT2D eigenvalue weighted by atomic mass is 10.1. The van der Waals surface area contributed by atoms with Crippen LogP contribution in [-0.2, 0) is 0 Å². The first-order chi connectivity index (χ1) is 8.28. The number of aryl methyl sites for hydroxylation is 2. The largest absolute Gasteiger partial charge is 0.347 e. The summed E-state index contributed by atoms with van der Waals surface area (Å²) in [6, 6.07) is 1.76. The molecular weight excluding hydrogens is 230 g/mol. The van der Waals surface area contributed by atoms with Crippen LogP contribution in [0.4, 0.5) is 0 Å². The molecule has 0 unspecified atom stereocenters. The van der Waals surface area contributed by atoms with E-state index in [9.17, 15) is 4.79 Å². The SMILES string of the molecule is Cc1cc(C(=O)NC(C)(C)C)c2c(C)noc2n1. The molecule has 1 N–H and O–H groups in total. The average Bonchev–Trinajstić information content (AvgIpc) is 2.56. The first kappa shape index (κ1) is 12.5. The molecule has 0 fully saturated rings. The third kappa shape index (κ3) is 2.34. The molecule has 0 radical (unpaired) electrons. The molecular formula is C13H17N3O2. The van der Waals surface area contributed by atoms with Gasteiger partial charge in [-0.1, -0.05) is 5.16 Å². The fraction of sp³-hybridized carbons (Fsp3) is 0.462. The summed E-state index contributed by atoms with van der Waals surface area (Å²) in [7, 11) is 0. The molecule has 0 aliphatic rings. The van der Waals surface area contributed by atoms with Crippen molar-refractivity contribution in [3.05, 3.63) is 23.0 Å². The lowest BCUT2D eigenvalue weighted by molar-refractivity contribution is 0.0921. The van der Waals surface area contributed by atoms with Crippen LogP contribution in [-0.4, -0.2) is 21.6 Å². The van der Waals surface area contributed by atoms with Crippen LogP contribution in [0.25, 0.3) is 11.1 Å². The molecule has 0 saturated carbocycles. The van der Waals surface area contributed by atoms with Crippen molar-refractivity contribution < 1.29 is 9.32 Å². The number of fused-ring (bicyclic) bond motifs is 1. The molecule has 96 valence electrons. The number of pyridine rings is 1. The van der Waals surface area contributed by atoms with E-state index in [4.69, 9.17) is 4.52 Å². The fourth-order valence-corrected chi connectivity index (χ4v) is 1.80. The molecule has 2 aromatic heterocycles. The Kier molecular flexibility index (Phi) is 2.84. The van der Waals surface area contributed by atoms with E-state index in [0.717, 1.165) is 5.69 Å². The molecule has 2 heterocycles. The van der Waals surface area contributed by atoms with Crippen molar-refractivity contribution in [2.45, 2.75) is 40.2 Å². The van der Waals surface area contributed by atoms with Crippen molar-refractivity contribution in [2.75, 3.05) is 0 Å². The summed E-state index contributed by atoms with van der Waals surface area (Å²) in [6.07, 6.45) is 0. The van der Waals surface area contributed by atoms with Crippen LogP contribution in [0.3, 0.4) is 0 Å². The van der Waals surface area contributed by atoms with Gasteiger partial charge in [0.25, 0.3) is 11.6 Å². The maximum Gasteiger partial charge on any atom is 0.258 e. The van der Waals surface area contributed by atoms with E-state index in [1.54, 1.807) is 13.0 Å². The Morgan fingerprint density at radius 3 is 2.61 bits per heavy atom. The Hall–Kier alpha value is -1.91. The van der Waals surface area contributed by atoms with Gasteiger partial charge in [0, 0.05) is 11.2 Å². The summed E-state index contributed by atoms with van der Waals surface area (Å²) in [5.41, 5.74) is 2.10. The highest BCUT2D eigenvalue weighted by atomic mass is 16.5. The van der Waals surface area contributed by atoms with Gasteiger partial charge in [-0.05, 0) is 40.7 Å². The summed E-state index contributed by atoms with van der Waals surface area (Å²) in [4.78, 5) is 16.5. The van der Waals surface area contributed by atoms with Crippen molar-refractivity contribution in [2.24, 2.45) is 0 Å². The van der Waals surface area contributed by atoms with E-state index >= 15 is 0 Å². The molecule has 0 aliphatic carbocycles. The van der Waals surface area contributed by atoms with Crippen LogP contribution in [0.1, 0.15) is 42.5 Å². The molecule has 5 heteroatoms. The highest BCUT2D eigenvalue weighted by molar-refractivity contribution is 6.06. The second kappa shape index (κ2) is 4.08. The number of amides is 1. The number of aromatic nitrogens is 2. The molecule has 2 aromatic rings. The van der Waals surface area contributed by atoms with E-state index in [1.807, 2.05) is 27.7 Å². The Morgan fingerprint density at radius 2 is 2.00 bits per heavy atom. The molecule has 0 aliphatic heterocycles. The molecule has 0 saturated heterocycles. The van der Waals surface area contributed by atoms with Gasteiger partial charge in [-0.2, -0.15) is 0 Å². The molecule has 0 aromatic carbocycles. The summed E-state index contributed by atoms with van der Waals surface area (Å²) in [5.74, 6) is -0.135. The zero-order valence-electron chi connectivity index (χ0n) is 11.3. The van der Waals surface area contributed by atoms with Crippen molar-refractivity contribution in [1.29, 1.82) is 0 Å². The fourth-order valence-electron chi connectivity index (χ4n) is 1.80. The van der Waals surface area contributed by atoms with Crippen LogP contribution in [0, 0.1) is 13.8 Å². The van der Waals surface area contributed by atoms with Gasteiger partial charge in [0.05, 0.1) is 16.6 Å². The summed E-state index contributed by atoms with van der Waals surface area (Å²) < 4.78 is 5.11. The normalized spacial score (nSPS) is 11.8. The van der Waals surface area contributed by atoms with Gasteiger partial charge in [0.15, 0.2) is 0 Å². The van der Waals surface area contributed by atoms with Gasteiger partial charge in [0.2, 0.25) is 0 Å². The predicted octanol–water partition coefficient (Wildman–Crippen LogP) is 2.37. The maximum absolute atomic E-state index is 12.3. The van der Waals surface area contributed by atoms with Gasteiger partial charge < -0.3 is 9.84 Å². The van der Waals surface area contributed by atoms with Gasteiger partial charge >= 0.3 is 0 Å². The molecule has 0 spiro atoms. The minimum absolute atomic E-state index is 0.135. The number of carbonyl (C=O) groups is 1.